The van der Waals surface area contributed by atoms with Gasteiger partial charge in [-0.25, -0.2) is 0 Å². The van der Waals surface area contributed by atoms with Gasteiger partial charge in [-0.2, -0.15) is 0 Å². The molecule has 1 aromatic heterocycles. The maximum atomic E-state index is 12.4. The molecule has 7 heteroatoms. The standard InChI is InChI=1S/C14H16N2O4S/c15-13(18)11-9-20-8-6-16(11)14(19)12-5-4-10(21-12)3-1-2-7-17/h4-5,11,17H,2,6-9H2,(H2,15,18). The van der Waals surface area contributed by atoms with Gasteiger partial charge >= 0.3 is 0 Å². The van der Waals surface area contributed by atoms with Crippen molar-refractivity contribution in [1.82, 2.24) is 4.90 Å². The van der Waals surface area contributed by atoms with E-state index in [-0.39, 0.29) is 19.1 Å². The second-order valence-electron chi connectivity index (χ2n) is 4.43. The van der Waals surface area contributed by atoms with E-state index in [9.17, 15) is 9.59 Å². The van der Waals surface area contributed by atoms with E-state index in [0.29, 0.717) is 24.4 Å². The molecule has 0 bridgehead atoms. The van der Waals surface area contributed by atoms with Crippen molar-refractivity contribution in [1.29, 1.82) is 0 Å². The Bertz CT molecular complexity index is 587. The van der Waals surface area contributed by atoms with E-state index in [2.05, 4.69) is 11.8 Å². The molecule has 1 aromatic rings. The van der Waals surface area contributed by atoms with Gasteiger partial charge in [0.25, 0.3) is 5.91 Å². The number of hydrogen-bond donors (Lipinski definition) is 2. The molecule has 1 aliphatic rings. The number of hydrogen-bond acceptors (Lipinski definition) is 5. The van der Waals surface area contributed by atoms with E-state index in [1.165, 1.54) is 16.2 Å². The number of aliphatic hydroxyl groups excluding tert-OH is 1. The summed E-state index contributed by atoms with van der Waals surface area (Å²) in [5.41, 5.74) is 5.30. The smallest absolute Gasteiger partial charge is 0.264 e. The third-order valence-electron chi connectivity index (χ3n) is 2.98. The quantitative estimate of drug-likeness (QED) is 0.757. The Labute approximate surface area is 126 Å². The van der Waals surface area contributed by atoms with Gasteiger partial charge in [-0.05, 0) is 12.1 Å². The van der Waals surface area contributed by atoms with Crippen molar-refractivity contribution in [3.05, 3.63) is 21.9 Å². The molecule has 0 saturated carbocycles. The van der Waals surface area contributed by atoms with E-state index in [4.69, 9.17) is 15.6 Å². The highest BCUT2D eigenvalue weighted by Gasteiger charge is 2.32. The highest BCUT2D eigenvalue weighted by molar-refractivity contribution is 7.14. The van der Waals surface area contributed by atoms with Crippen LogP contribution in [0.4, 0.5) is 0 Å². The number of primary amides is 1. The number of amides is 2. The second-order valence-corrected chi connectivity index (χ2v) is 5.51. The fourth-order valence-corrected chi connectivity index (χ4v) is 2.79. The van der Waals surface area contributed by atoms with Crippen LogP contribution < -0.4 is 5.73 Å². The van der Waals surface area contributed by atoms with Gasteiger partial charge in [-0.15, -0.1) is 11.3 Å². The lowest BCUT2D eigenvalue weighted by atomic mass is 10.2. The van der Waals surface area contributed by atoms with E-state index in [1.54, 1.807) is 12.1 Å². The summed E-state index contributed by atoms with van der Waals surface area (Å²) < 4.78 is 5.19. The molecule has 6 nitrogen and oxygen atoms in total. The van der Waals surface area contributed by atoms with Gasteiger partial charge in [-0.1, -0.05) is 11.8 Å². The fraction of sp³-hybridized carbons (Fsp3) is 0.429. The van der Waals surface area contributed by atoms with Crippen LogP contribution in [0.2, 0.25) is 0 Å². The zero-order chi connectivity index (χ0) is 15.2. The molecule has 1 aliphatic heterocycles. The molecule has 3 N–H and O–H groups in total. The van der Waals surface area contributed by atoms with Crippen molar-refractivity contribution in [2.24, 2.45) is 5.73 Å². The summed E-state index contributed by atoms with van der Waals surface area (Å²) >= 11 is 1.26. The normalized spacial score (nSPS) is 18.0. The van der Waals surface area contributed by atoms with Crippen molar-refractivity contribution >= 4 is 23.2 Å². The summed E-state index contributed by atoms with van der Waals surface area (Å²) in [7, 11) is 0. The minimum atomic E-state index is -0.725. The summed E-state index contributed by atoms with van der Waals surface area (Å²) in [6.07, 6.45) is 0.397. The van der Waals surface area contributed by atoms with Crippen molar-refractivity contribution in [3.8, 4) is 11.8 Å². The van der Waals surface area contributed by atoms with Crippen LogP contribution in [0.15, 0.2) is 12.1 Å². The van der Waals surface area contributed by atoms with Crippen molar-refractivity contribution < 1.29 is 19.4 Å². The maximum absolute atomic E-state index is 12.4. The SMILES string of the molecule is NC(=O)C1COCCN1C(=O)c1ccc(C#CCCO)s1. The first-order valence-electron chi connectivity index (χ1n) is 6.51. The first-order chi connectivity index (χ1) is 10.1. The Balaban J connectivity index is 2.12. The van der Waals surface area contributed by atoms with Crippen LogP contribution in [-0.2, 0) is 9.53 Å². The molecule has 0 aliphatic carbocycles. The zero-order valence-corrected chi connectivity index (χ0v) is 12.2. The number of aliphatic hydroxyl groups is 1. The van der Waals surface area contributed by atoms with Crippen molar-refractivity contribution in [2.45, 2.75) is 12.5 Å². The van der Waals surface area contributed by atoms with Gasteiger partial charge in [0.15, 0.2) is 0 Å². The molecular weight excluding hydrogens is 292 g/mol. The topological polar surface area (TPSA) is 92.9 Å². The van der Waals surface area contributed by atoms with Gasteiger partial charge in [-0.3, -0.25) is 9.59 Å². The number of thiophene rings is 1. The average molecular weight is 308 g/mol. The number of carbonyl (C=O) groups excluding carboxylic acids is 2. The molecule has 2 heterocycles. The second kappa shape index (κ2) is 7.22. The Morgan fingerprint density at radius 2 is 2.33 bits per heavy atom. The number of morpholine rings is 1. The Hall–Kier alpha value is -1.88. The predicted octanol–water partition coefficient (Wildman–Crippen LogP) is -0.192. The molecule has 21 heavy (non-hydrogen) atoms. The van der Waals surface area contributed by atoms with Crippen LogP contribution in [0.1, 0.15) is 21.0 Å². The van der Waals surface area contributed by atoms with Crippen LogP contribution in [-0.4, -0.2) is 54.2 Å². The summed E-state index contributed by atoms with van der Waals surface area (Å²) in [6, 6.07) is 2.71. The number of nitrogens with two attached hydrogens (primary N) is 1. The number of nitrogens with zero attached hydrogens (tertiary/aromatic N) is 1. The summed E-state index contributed by atoms with van der Waals surface area (Å²) in [4.78, 5) is 26.5. The van der Waals surface area contributed by atoms with Crippen LogP contribution in [0, 0.1) is 11.8 Å². The van der Waals surface area contributed by atoms with Gasteiger partial charge < -0.3 is 20.5 Å². The van der Waals surface area contributed by atoms with E-state index in [0.717, 1.165) is 4.88 Å². The molecule has 0 radical (unpaired) electrons. The molecule has 1 atom stereocenters. The Morgan fingerprint density at radius 3 is 3.05 bits per heavy atom. The van der Waals surface area contributed by atoms with Gasteiger partial charge in [0, 0.05) is 13.0 Å². The van der Waals surface area contributed by atoms with Gasteiger partial charge in [0.05, 0.1) is 29.6 Å². The first-order valence-corrected chi connectivity index (χ1v) is 7.32. The maximum Gasteiger partial charge on any atom is 0.264 e. The van der Waals surface area contributed by atoms with Gasteiger partial charge in [0.2, 0.25) is 5.91 Å². The fourth-order valence-electron chi connectivity index (χ4n) is 1.95. The first kappa shape index (κ1) is 15.5. The van der Waals surface area contributed by atoms with Crippen molar-refractivity contribution in [2.75, 3.05) is 26.4 Å². The molecule has 112 valence electrons. The molecule has 1 fully saturated rings. The van der Waals surface area contributed by atoms with Crippen LogP contribution in [0.25, 0.3) is 0 Å². The Kier molecular flexibility index (Phi) is 5.33. The monoisotopic (exact) mass is 308 g/mol. The summed E-state index contributed by atoms with van der Waals surface area (Å²) in [6.45, 7) is 0.883. The molecule has 2 amide bonds. The predicted molar refractivity (Wildman–Crippen MR) is 77.7 cm³/mol. The minimum Gasteiger partial charge on any atom is -0.395 e. The Morgan fingerprint density at radius 1 is 1.52 bits per heavy atom. The number of ether oxygens (including phenoxy) is 1. The molecule has 0 aromatic carbocycles. The van der Waals surface area contributed by atoms with Gasteiger partial charge in [0.1, 0.15) is 6.04 Å². The summed E-state index contributed by atoms with van der Waals surface area (Å²) in [5, 5.41) is 8.67. The van der Waals surface area contributed by atoms with E-state index < -0.39 is 11.9 Å². The lowest BCUT2D eigenvalue weighted by Crippen LogP contribution is -2.54. The number of rotatable bonds is 3. The lowest BCUT2D eigenvalue weighted by Gasteiger charge is -2.33. The largest absolute Gasteiger partial charge is 0.395 e. The van der Waals surface area contributed by atoms with Crippen molar-refractivity contribution in [3.63, 3.8) is 0 Å². The summed E-state index contributed by atoms with van der Waals surface area (Å²) in [5.74, 6) is 4.88. The lowest BCUT2D eigenvalue weighted by molar-refractivity contribution is -0.127. The average Bonchev–Trinajstić information content (AvgIpc) is 2.95. The van der Waals surface area contributed by atoms with Crippen LogP contribution in [0.5, 0.6) is 0 Å². The third-order valence-corrected chi connectivity index (χ3v) is 3.97. The van der Waals surface area contributed by atoms with Crippen LogP contribution in [0.3, 0.4) is 0 Å². The highest BCUT2D eigenvalue weighted by Crippen LogP contribution is 2.20. The minimum absolute atomic E-state index is 0.0121. The molecule has 1 unspecified atom stereocenters. The molecular formula is C14H16N2O4S. The number of carbonyl (C=O) groups is 2. The highest BCUT2D eigenvalue weighted by atomic mass is 32.1. The molecule has 1 saturated heterocycles. The van der Waals surface area contributed by atoms with E-state index >= 15 is 0 Å². The van der Waals surface area contributed by atoms with Crippen LogP contribution >= 0.6 is 11.3 Å². The molecule has 0 spiro atoms. The third kappa shape index (κ3) is 3.82. The zero-order valence-electron chi connectivity index (χ0n) is 11.4. The molecule has 2 rings (SSSR count). The van der Waals surface area contributed by atoms with E-state index in [1.807, 2.05) is 0 Å².